The van der Waals surface area contributed by atoms with Gasteiger partial charge in [-0.05, 0) is 12.1 Å². The summed E-state index contributed by atoms with van der Waals surface area (Å²) in [5.41, 5.74) is 3.50. The minimum atomic E-state index is -1.56. The molecule has 21 heavy (non-hydrogen) atoms. The number of nitrogens with zero attached hydrogens (tertiary/aromatic N) is 1. The number of hydrogen-bond donors (Lipinski definition) is 0. The van der Waals surface area contributed by atoms with E-state index in [1.807, 2.05) is 0 Å². The predicted molar refractivity (Wildman–Crippen MR) is 78.8 cm³/mol. The minimum absolute atomic E-state index is 0.141. The van der Waals surface area contributed by atoms with Gasteiger partial charge in [0.15, 0.2) is 0 Å². The van der Waals surface area contributed by atoms with Crippen molar-refractivity contribution in [3.63, 3.8) is 0 Å². The molecule has 5 nitrogen and oxygen atoms in total. The average Bonchev–Trinajstić information content (AvgIpc) is 2.63. The number of carbonyl (C=O) groups is 3. The molecule has 0 radical (unpaired) electrons. The van der Waals surface area contributed by atoms with Gasteiger partial charge in [-0.2, -0.15) is 0 Å². The summed E-state index contributed by atoms with van der Waals surface area (Å²) in [5.74, 6) is 0.779. The summed E-state index contributed by atoms with van der Waals surface area (Å²) < 4.78 is 0. The third-order valence-electron chi connectivity index (χ3n) is 2.65. The molecule has 0 unspecified atom stereocenters. The van der Waals surface area contributed by atoms with Crippen molar-refractivity contribution in [2.24, 2.45) is 0 Å². The Bertz CT molecular complexity index is 644. The van der Waals surface area contributed by atoms with Crippen molar-refractivity contribution >= 4 is 25.9 Å². The van der Waals surface area contributed by atoms with Gasteiger partial charge in [0.1, 0.15) is 14.5 Å². The molecule has 108 valence electrons. The van der Waals surface area contributed by atoms with E-state index in [4.69, 9.17) is 4.84 Å². The van der Waals surface area contributed by atoms with Crippen LogP contribution in [0.3, 0.4) is 0 Å². The van der Waals surface area contributed by atoms with E-state index in [1.54, 1.807) is 12.1 Å². The fraction of sp³-hybridized carbons (Fsp3) is 0.267. The highest BCUT2D eigenvalue weighted by molar-refractivity contribution is 6.83. The minimum Gasteiger partial charge on any atom is -0.329 e. The van der Waals surface area contributed by atoms with Crippen molar-refractivity contribution in [2.75, 3.05) is 0 Å². The van der Waals surface area contributed by atoms with E-state index >= 15 is 0 Å². The van der Waals surface area contributed by atoms with Crippen LogP contribution in [-0.2, 0) is 9.63 Å². The Labute approximate surface area is 123 Å². The van der Waals surface area contributed by atoms with E-state index in [0.29, 0.717) is 5.06 Å². The first-order valence-electron chi connectivity index (χ1n) is 6.48. The highest BCUT2D eigenvalue weighted by Crippen LogP contribution is 2.22. The largest absolute Gasteiger partial charge is 0.345 e. The third-order valence-corrected chi connectivity index (χ3v) is 3.57. The molecule has 0 spiro atoms. The molecule has 0 atom stereocenters. The van der Waals surface area contributed by atoms with Gasteiger partial charge in [0, 0.05) is 0 Å². The molecule has 1 aliphatic rings. The second kappa shape index (κ2) is 5.54. The van der Waals surface area contributed by atoms with Crippen molar-refractivity contribution < 1.29 is 19.2 Å². The maximum absolute atomic E-state index is 12.0. The summed E-state index contributed by atoms with van der Waals surface area (Å²) in [7, 11) is -1.56. The molecule has 1 heterocycles. The van der Waals surface area contributed by atoms with Crippen LogP contribution < -0.4 is 0 Å². The number of carbonyl (C=O) groups excluding carboxylic acids is 3. The molecule has 2 rings (SSSR count). The highest BCUT2D eigenvalue weighted by atomic mass is 28.3. The van der Waals surface area contributed by atoms with Crippen LogP contribution in [0.5, 0.6) is 0 Å². The van der Waals surface area contributed by atoms with Gasteiger partial charge in [-0.3, -0.25) is 9.59 Å². The SMILES string of the molecule is C[Si](C)(C)C#CCC(=O)ON1C(=O)c2ccccc2C1=O. The molecule has 6 heteroatoms. The van der Waals surface area contributed by atoms with E-state index in [-0.39, 0.29) is 17.5 Å². The maximum atomic E-state index is 12.0. The van der Waals surface area contributed by atoms with Crippen LogP contribution in [0, 0.1) is 11.5 Å². The first kappa shape index (κ1) is 15.0. The lowest BCUT2D eigenvalue weighted by Gasteiger charge is -2.11. The second-order valence-corrected chi connectivity index (χ2v) is 10.4. The zero-order valence-corrected chi connectivity index (χ0v) is 13.1. The lowest BCUT2D eigenvalue weighted by Crippen LogP contribution is -2.32. The van der Waals surface area contributed by atoms with Crippen molar-refractivity contribution in [3.05, 3.63) is 35.4 Å². The fourth-order valence-corrected chi connectivity index (χ4v) is 2.38. The van der Waals surface area contributed by atoms with Crippen LogP contribution in [0.1, 0.15) is 27.1 Å². The molecule has 1 aromatic carbocycles. The fourth-order valence-electron chi connectivity index (χ4n) is 1.77. The Morgan fingerprint density at radius 3 is 2.14 bits per heavy atom. The van der Waals surface area contributed by atoms with Gasteiger partial charge in [0.25, 0.3) is 11.8 Å². The van der Waals surface area contributed by atoms with E-state index in [1.165, 1.54) is 12.1 Å². The molecule has 0 aromatic heterocycles. The molecule has 1 aromatic rings. The standard InChI is InChI=1S/C15H15NO4Si/c1-21(2,3)10-6-9-13(17)20-16-14(18)11-7-4-5-8-12(11)15(16)19/h4-5,7-8H,9H2,1-3H3. The van der Waals surface area contributed by atoms with Crippen LogP contribution in [0.4, 0.5) is 0 Å². The zero-order valence-electron chi connectivity index (χ0n) is 12.1. The Hall–Kier alpha value is -2.39. The monoisotopic (exact) mass is 301 g/mol. The quantitative estimate of drug-likeness (QED) is 0.476. The van der Waals surface area contributed by atoms with E-state index in [0.717, 1.165) is 0 Å². The zero-order chi connectivity index (χ0) is 15.6. The predicted octanol–water partition coefficient (Wildman–Crippen LogP) is 2.01. The Balaban J connectivity index is 2.05. The lowest BCUT2D eigenvalue weighted by atomic mass is 10.1. The molecule has 0 aliphatic carbocycles. The van der Waals surface area contributed by atoms with E-state index in [9.17, 15) is 14.4 Å². The second-order valence-electron chi connectivity index (χ2n) is 5.64. The number of rotatable bonds is 2. The number of hydrogen-bond acceptors (Lipinski definition) is 4. The first-order chi connectivity index (χ1) is 9.79. The lowest BCUT2D eigenvalue weighted by molar-refractivity contribution is -0.167. The summed E-state index contributed by atoms with van der Waals surface area (Å²) in [5, 5.41) is 0.503. The molecule has 0 fully saturated rings. The topological polar surface area (TPSA) is 63.7 Å². The average molecular weight is 301 g/mol. The van der Waals surface area contributed by atoms with Crippen LogP contribution >= 0.6 is 0 Å². The maximum Gasteiger partial charge on any atom is 0.345 e. The Morgan fingerprint density at radius 2 is 1.67 bits per heavy atom. The number of imide groups is 1. The van der Waals surface area contributed by atoms with Crippen LogP contribution in [0.25, 0.3) is 0 Å². The summed E-state index contributed by atoms with van der Waals surface area (Å²) in [6, 6.07) is 6.34. The molecular weight excluding hydrogens is 286 g/mol. The Kier molecular flexibility index (Phi) is 3.96. The molecule has 0 bridgehead atoms. The van der Waals surface area contributed by atoms with Gasteiger partial charge in [0.05, 0.1) is 11.1 Å². The number of hydroxylamine groups is 2. The van der Waals surface area contributed by atoms with Crippen molar-refractivity contribution in [2.45, 2.75) is 26.1 Å². The van der Waals surface area contributed by atoms with Crippen molar-refractivity contribution in [3.8, 4) is 11.5 Å². The summed E-state index contributed by atoms with van der Waals surface area (Å²) in [6.45, 7) is 6.15. The smallest absolute Gasteiger partial charge is 0.329 e. The molecule has 0 N–H and O–H groups in total. The normalized spacial score (nSPS) is 13.6. The van der Waals surface area contributed by atoms with Crippen molar-refractivity contribution in [1.29, 1.82) is 0 Å². The summed E-state index contributed by atoms with van der Waals surface area (Å²) in [4.78, 5) is 40.5. The van der Waals surface area contributed by atoms with Gasteiger partial charge >= 0.3 is 5.97 Å². The third kappa shape index (κ3) is 3.38. The molecule has 2 amide bonds. The summed E-state index contributed by atoms with van der Waals surface area (Å²) in [6.07, 6.45) is -0.141. The number of benzene rings is 1. The molecular formula is C15H15NO4Si. The Morgan fingerprint density at radius 1 is 1.14 bits per heavy atom. The van der Waals surface area contributed by atoms with E-state index < -0.39 is 25.9 Å². The highest BCUT2D eigenvalue weighted by Gasteiger charge is 2.38. The van der Waals surface area contributed by atoms with Crippen molar-refractivity contribution in [1.82, 2.24) is 5.06 Å². The molecule has 0 saturated carbocycles. The van der Waals surface area contributed by atoms with Gasteiger partial charge < -0.3 is 4.84 Å². The number of amides is 2. The molecule has 0 saturated heterocycles. The van der Waals surface area contributed by atoms with Crippen LogP contribution in [-0.4, -0.2) is 30.9 Å². The first-order valence-corrected chi connectivity index (χ1v) is 9.98. The summed E-state index contributed by atoms with van der Waals surface area (Å²) >= 11 is 0. The van der Waals surface area contributed by atoms with Gasteiger partial charge in [-0.15, -0.1) is 5.54 Å². The van der Waals surface area contributed by atoms with E-state index in [2.05, 4.69) is 31.1 Å². The number of fused-ring (bicyclic) bond motifs is 1. The molecule has 1 aliphatic heterocycles. The van der Waals surface area contributed by atoms with Gasteiger partial charge in [-0.25, -0.2) is 4.79 Å². The van der Waals surface area contributed by atoms with Gasteiger partial charge in [-0.1, -0.05) is 42.8 Å². The van der Waals surface area contributed by atoms with Gasteiger partial charge in [0.2, 0.25) is 0 Å². The van der Waals surface area contributed by atoms with Crippen LogP contribution in [0.2, 0.25) is 19.6 Å². The van der Waals surface area contributed by atoms with Crippen LogP contribution in [0.15, 0.2) is 24.3 Å².